The number of carbonyl (C=O) groups is 2. The van der Waals surface area contributed by atoms with Gasteiger partial charge in [0.25, 0.3) is 5.91 Å². The first-order chi connectivity index (χ1) is 11.0. The molecule has 0 saturated heterocycles. The van der Waals surface area contributed by atoms with E-state index in [4.69, 9.17) is 16.3 Å². The Bertz CT molecular complexity index is 529. The maximum atomic E-state index is 12.0. The summed E-state index contributed by atoms with van der Waals surface area (Å²) in [4.78, 5) is 24.8. The molecule has 6 heteroatoms. The SMILES string of the molecule is C[C@H](OC(=O)CCSc1ccc(Cl)cc1)C(=O)NC1CCCC1. The Balaban J connectivity index is 1.65. The number of nitrogens with one attached hydrogen (secondary N) is 1. The zero-order valence-corrected chi connectivity index (χ0v) is 14.8. The largest absolute Gasteiger partial charge is 0.453 e. The van der Waals surface area contributed by atoms with Gasteiger partial charge in [0.15, 0.2) is 6.10 Å². The summed E-state index contributed by atoms with van der Waals surface area (Å²) < 4.78 is 5.19. The van der Waals surface area contributed by atoms with E-state index >= 15 is 0 Å². The van der Waals surface area contributed by atoms with Crippen molar-refractivity contribution in [2.45, 2.75) is 56.1 Å². The molecule has 0 aromatic heterocycles. The lowest BCUT2D eigenvalue weighted by Crippen LogP contribution is -2.40. The van der Waals surface area contributed by atoms with Gasteiger partial charge in [0, 0.05) is 21.7 Å². The van der Waals surface area contributed by atoms with Crippen molar-refractivity contribution in [2.24, 2.45) is 0 Å². The predicted octanol–water partition coefficient (Wildman–Crippen LogP) is 3.81. The zero-order valence-electron chi connectivity index (χ0n) is 13.2. The number of carbonyl (C=O) groups excluding carboxylic acids is 2. The van der Waals surface area contributed by atoms with Crippen LogP contribution in [0.4, 0.5) is 0 Å². The first-order valence-electron chi connectivity index (χ1n) is 7.93. The molecule has 1 fully saturated rings. The minimum Gasteiger partial charge on any atom is -0.453 e. The van der Waals surface area contributed by atoms with Crippen LogP contribution in [0, 0.1) is 0 Å². The Morgan fingerprint density at radius 3 is 2.61 bits per heavy atom. The van der Waals surface area contributed by atoms with E-state index in [1.807, 2.05) is 24.3 Å². The molecule has 1 aliphatic carbocycles. The van der Waals surface area contributed by atoms with Gasteiger partial charge in [-0.3, -0.25) is 9.59 Å². The molecule has 1 aliphatic rings. The standard InChI is InChI=1S/C17H22ClNO3S/c1-12(17(21)19-14-4-2-3-5-14)22-16(20)10-11-23-15-8-6-13(18)7-9-15/h6-9,12,14H,2-5,10-11H2,1H3,(H,19,21)/t12-/m0/s1. The molecule has 0 spiro atoms. The number of hydrogen-bond acceptors (Lipinski definition) is 4. The van der Waals surface area contributed by atoms with Crippen molar-refractivity contribution in [3.8, 4) is 0 Å². The lowest BCUT2D eigenvalue weighted by atomic mass is 10.2. The first kappa shape index (κ1) is 18.1. The molecule has 1 N–H and O–H groups in total. The molecule has 126 valence electrons. The number of benzene rings is 1. The molecular weight excluding hydrogens is 334 g/mol. The maximum Gasteiger partial charge on any atom is 0.307 e. The van der Waals surface area contributed by atoms with Crippen molar-refractivity contribution in [3.63, 3.8) is 0 Å². The summed E-state index contributed by atoms with van der Waals surface area (Å²) in [5.74, 6) is 0.0633. The average molecular weight is 356 g/mol. The van der Waals surface area contributed by atoms with Crippen LogP contribution in [0.5, 0.6) is 0 Å². The second-order valence-electron chi connectivity index (χ2n) is 5.67. The van der Waals surface area contributed by atoms with Crippen molar-refractivity contribution in [1.82, 2.24) is 5.32 Å². The third kappa shape index (κ3) is 6.43. The third-order valence-electron chi connectivity index (χ3n) is 3.77. The number of rotatable bonds is 7. The van der Waals surface area contributed by atoms with Crippen LogP contribution in [0.2, 0.25) is 5.02 Å². The Hall–Kier alpha value is -1.20. The van der Waals surface area contributed by atoms with Gasteiger partial charge >= 0.3 is 5.97 Å². The van der Waals surface area contributed by atoms with E-state index in [0.29, 0.717) is 10.8 Å². The minimum absolute atomic E-state index is 0.199. The van der Waals surface area contributed by atoms with Crippen LogP contribution >= 0.6 is 23.4 Å². The van der Waals surface area contributed by atoms with Crippen LogP contribution in [-0.4, -0.2) is 29.8 Å². The van der Waals surface area contributed by atoms with Crippen LogP contribution < -0.4 is 5.32 Å². The molecule has 2 rings (SSSR count). The highest BCUT2D eigenvalue weighted by molar-refractivity contribution is 7.99. The number of ether oxygens (including phenoxy) is 1. The summed E-state index contributed by atoms with van der Waals surface area (Å²) in [6.07, 6.45) is 3.88. The highest BCUT2D eigenvalue weighted by Gasteiger charge is 2.22. The van der Waals surface area contributed by atoms with Crippen LogP contribution in [0.1, 0.15) is 39.0 Å². The molecule has 1 saturated carbocycles. The van der Waals surface area contributed by atoms with Gasteiger partial charge in [-0.2, -0.15) is 0 Å². The molecule has 4 nitrogen and oxygen atoms in total. The van der Waals surface area contributed by atoms with Gasteiger partial charge in [0.2, 0.25) is 0 Å². The van der Waals surface area contributed by atoms with Crippen molar-refractivity contribution in [1.29, 1.82) is 0 Å². The topological polar surface area (TPSA) is 55.4 Å². The van der Waals surface area contributed by atoms with Gasteiger partial charge in [-0.05, 0) is 44.0 Å². The van der Waals surface area contributed by atoms with E-state index in [9.17, 15) is 9.59 Å². The second-order valence-corrected chi connectivity index (χ2v) is 7.28. The van der Waals surface area contributed by atoms with Crippen LogP contribution in [0.3, 0.4) is 0 Å². The van der Waals surface area contributed by atoms with Crippen molar-refractivity contribution in [2.75, 3.05) is 5.75 Å². The number of esters is 1. The molecule has 1 atom stereocenters. The number of thioether (sulfide) groups is 1. The minimum atomic E-state index is -0.733. The number of halogens is 1. The van der Waals surface area contributed by atoms with Gasteiger partial charge in [-0.15, -0.1) is 11.8 Å². The number of amides is 1. The summed E-state index contributed by atoms with van der Waals surface area (Å²) in [7, 11) is 0. The molecule has 0 aliphatic heterocycles. The van der Waals surface area contributed by atoms with E-state index < -0.39 is 6.10 Å². The molecule has 1 aromatic carbocycles. The van der Waals surface area contributed by atoms with Crippen LogP contribution in [0.25, 0.3) is 0 Å². The van der Waals surface area contributed by atoms with Gasteiger partial charge < -0.3 is 10.1 Å². The monoisotopic (exact) mass is 355 g/mol. The first-order valence-corrected chi connectivity index (χ1v) is 9.29. The summed E-state index contributed by atoms with van der Waals surface area (Å²) in [5, 5.41) is 3.63. The predicted molar refractivity (Wildman–Crippen MR) is 92.7 cm³/mol. The molecule has 0 unspecified atom stereocenters. The van der Waals surface area contributed by atoms with Crippen molar-refractivity contribution < 1.29 is 14.3 Å². The summed E-state index contributed by atoms with van der Waals surface area (Å²) in [5.41, 5.74) is 0. The summed E-state index contributed by atoms with van der Waals surface area (Å²) in [6, 6.07) is 7.70. The van der Waals surface area contributed by atoms with Gasteiger partial charge in [-0.25, -0.2) is 0 Å². The summed E-state index contributed by atoms with van der Waals surface area (Å²) >= 11 is 7.38. The smallest absolute Gasteiger partial charge is 0.307 e. The van der Waals surface area contributed by atoms with Crippen LogP contribution in [0.15, 0.2) is 29.2 Å². The Labute approximate surface area is 146 Å². The maximum absolute atomic E-state index is 12.0. The molecular formula is C17H22ClNO3S. The fourth-order valence-electron chi connectivity index (χ4n) is 2.48. The molecule has 23 heavy (non-hydrogen) atoms. The Kier molecular flexibility index (Phi) is 7.24. The average Bonchev–Trinajstić information content (AvgIpc) is 3.02. The number of hydrogen-bond donors (Lipinski definition) is 1. The highest BCUT2D eigenvalue weighted by Crippen LogP contribution is 2.21. The van der Waals surface area contributed by atoms with E-state index in [1.165, 1.54) is 0 Å². The molecule has 0 radical (unpaired) electrons. The highest BCUT2D eigenvalue weighted by atomic mass is 35.5. The van der Waals surface area contributed by atoms with Gasteiger partial charge in [-0.1, -0.05) is 24.4 Å². The van der Waals surface area contributed by atoms with E-state index in [-0.39, 0.29) is 24.3 Å². The van der Waals surface area contributed by atoms with E-state index in [2.05, 4.69) is 5.32 Å². The fourth-order valence-corrected chi connectivity index (χ4v) is 3.44. The molecule has 1 amide bonds. The normalized spacial score (nSPS) is 16.1. The lowest BCUT2D eigenvalue weighted by molar-refractivity contribution is -0.154. The third-order valence-corrected chi connectivity index (χ3v) is 5.03. The Morgan fingerprint density at radius 2 is 1.96 bits per heavy atom. The summed E-state index contributed by atoms with van der Waals surface area (Å²) in [6.45, 7) is 1.62. The second kappa shape index (κ2) is 9.18. The van der Waals surface area contributed by atoms with E-state index in [1.54, 1.807) is 18.7 Å². The molecule has 0 bridgehead atoms. The van der Waals surface area contributed by atoms with E-state index in [0.717, 1.165) is 30.6 Å². The van der Waals surface area contributed by atoms with Gasteiger partial charge in [0.05, 0.1) is 6.42 Å². The Morgan fingerprint density at radius 1 is 1.30 bits per heavy atom. The lowest BCUT2D eigenvalue weighted by Gasteiger charge is -2.17. The molecule has 1 aromatic rings. The van der Waals surface area contributed by atoms with Crippen molar-refractivity contribution >= 4 is 35.2 Å². The molecule has 0 heterocycles. The van der Waals surface area contributed by atoms with Crippen molar-refractivity contribution in [3.05, 3.63) is 29.3 Å². The quantitative estimate of drug-likeness (QED) is 0.597. The van der Waals surface area contributed by atoms with Gasteiger partial charge in [0.1, 0.15) is 0 Å². The zero-order chi connectivity index (χ0) is 16.7. The fraction of sp³-hybridized carbons (Fsp3) is 0.529. The van der Waals surface area contributed by atoms with Crippen LogP contribution in [-0.2, 0) is 14.3 Å².